The number of nitrogens with zero attached hydrogens (tertiary/aromatic N) is 2. The molecule has 2 aliphatic heterocycles. The van der Waals surface area contributed by atoms with Crippen LogP contribution in [0.1, 0.15) is 37.7 Å². The fourth-order valence-electron chi connectivity index (χ4n) is 4.34. The zero-order chi connectivity index (χ0) is 16.4. The first-order valence-corrected chi connectivity index (χ1v) is 9.38. The van der Waals surface area contributed by atoms with Crippen molar-refractivity contribution in [1.82, 2.24) is 14.8 Å². The summed E-state index contributed by atoms with van der Waals surface area (Å²) >= 11 is 0. The summed E-state index contributed by atoms with van der Waals surface area (Å²) in [6.07, 6.45) is 8.49. The molecule has 0 unspecified atom stereocenters. The highest BCUT2D eigenvalue weighted by Gasteiger charge is 2.30. The standard InChI is InChI=1S/C20H27N3O/c24-20(10-9-16-14-21-19-8-2-1-7-18(16)19)23-13-5-6-17(23)15-22-11-3-4-12-22/h1-2,7-8,14,17,21H,3-6,9-13,15H2/t17-/m1/s1. The third kappa shape index (κ3) is 3.20. The van der Waals surface area contributed by atoms with Gasteiger partial charge in [0.25, 0.3) is 0 Å². The van der Waals surface area contributed by atoms with E-state index in [1.807, 2.05) is 6.07 Å². The maximum Gasteiger partial charge on any atom is 0.223 e. The van der Waals surface area contributed by atoms with E-state index in [-0.39, 0.29) is 0 Å². The molecule has 4 nitrogen and oxygen atoms in total. The molecule has 1 aromatic carbocycles. The van der Waals surface area contributed by atoms with Crippen molar-refractivity contribution in [2.24, 2.45) is 0 Å². The Morgan fingerprint density at radius 3 is 2.83 bits per heavy atom. The van der Waals surface area contributed by atoms with Gasteiger partial charge in [-0.05, 0) is 56.8 Å². The number of nitrogens with one attached hydrogen (secondary N) is 1. The number of likely N-dealkylation sites (tertiary alicyclic amines) is 2. The summed E-state index contributed by atoms with van der Waals surface area (Å²) in [5.74, 6) is 0.335. The molecule has 2 aromatic rings. The zero-order valence-corrected chi connectivity index (χ0v) is 14.3. The summed E-state index contributed by atoms with van der Waals surface area (Å²) in [5.41, 5.74) is 2.42. The minimum atomic E-state index is 0.335. The lowest BCUT2D eigenvalue weighted by Gasteiger charge is -2.28. The zero-order valence-electron chi connectivity index (χ0n) is 14.3. The normalized spacial score (nSPS) is 21.8. The predicted molar refractivity (Wildman–Crippen MR) is 97.0 cm³/mol. The van der Waals surface area contributed by atoms with E-state index in [1.165, 1.54) is 43.3 Å². The lowest BCUT2D eigenvalue weighted by Crippen LogP contribution is -2.42. The van der Waals surface area contributed by atoms with Crippen LogP contribution in [-0.4, -0.2) is 52.9 Å². The highest BCUT2D eigenvalue weighted by Crippen LogP contribution is 2.23. The van der Waals surface area contributed by atoms with E-state index in [9.17, 15) is 4.79 Å². The van der Waals surface area contributed by atoms with Gasteiger partial charge in [-0.3, -0.25) is 4.79 Å². The first kappa shape index (κ1) is 15.7. The number of aromatic nitrogens is 1. The van der Waals surface area contributed by atoms with E-state index in [4.69, 9.17) is 0 Å². The molecule has 1 aromatic heterocycles. The molecule has 2 aliphatic rings. The van der Waals surface area contributed by atoms with Crippen LogP contribution in [-0.2, 0) is 11.2 Å². The van der Waals surface area contributed by atoms with Gasteiger partial charge in [0, 0.05) is 42.7 Å². The van der Waals surface area contributed by atoms with Crippen LogP contribution in [0.25, 0.3) is 10.9 Å². The van der Waals surface area contributed by atoms with Gasteiger partial charge in [-0.15, -0.1) is 0 Å². The number of hydrogen-bond acceptors (Lipinski definition) is 2. The van der Waals surface area contributed by atoms with Gasteiger partial charge in [0.1, 0.15) is 0 Å². The summed E-state index contributed by atoms with van der Waals surface area (Å²) in [6, 6.07) is 8.78. The van der Waals surface area contributed by atoms with Gasteiger partial charge in [0.2, 0.25) is 5.91 Å². The Kier molecular flexibility index (Phi) is 4.56. The maximum absolute atomic E-state index is 12.8. The van der Waals surface area contributed by atoms with Gasteiger partial charge in [0.15, 0.2) is 0 Å². The number of H-pyrrole nitrogens is 1. The molecule has 0 spiro atoms. The number of carbonyl (C=O) groups is 1. The molecule has 2 saturated heterocycles. The Labute approximate surface area is 143 Å². The van der Waals surface area contributed by atoms with Crippen LogP contribution >= 0.6 is 0 Å². The van der Waals surface area contributed by atoms with Gasteiger partial charge >= 0.3 is 0 Å². The minimum absolute atomic E-state index is 0.335. The van der Waals surface area contributed by atoms with E-state index in [0.717, 1.165) is 31.4 Å². The quantitative estimate of drug-likeness (QED) is 0.917. The van der Waals surface area contributed by atoms with Crippen LogP contribution in [0.2, 0.25) is 0 Å². The van der Waals surface area contributed by atoms with Crippen LogP contribution < -0.4 is 0 Å². The van der Waals surface area contributed by atoms with E-state index >= 15 is 0 Å². The number of hydrogen-bond donors (Lipinski definition) is 1. The van der Waals surface area contributed by atoms with Gasteiger partial charge in [0.05, 0.1) is 0 Å². The van der Waals surface area contributed by atoms with Gasteiger partial charge < -0.3 is 14.8 Å². The van der Waals surface area contributed by atoms with Gasteiger partial charge in [-0.1, -0.05) is 18.2 Å². The average molecular weight is 325 g/mol. The van der Waals surface area contributed by atoms with Crippen molar-refractivity contribution in [1.29, 1.82) is 0 Å². The Morgan fingerprint density at radius 1 is 1.12 bits per heavy atom. The number of para-hydroxylation sites is 1. The van der Waals surface area contributed by atoms with E-state index < -0.39 is 0 Å². The number of carbonyl (C=O) groups excluding carboxylic acids is 1. The lowest BCUT2D eigenvalue weighted by atomic mass is 10.1. The number of aromatic amines is 1. The van der Waals surface area contributed by atoms with Crippen LogP contribution in [0.15, 0.2) is 30.5 Å². The second-order valence-electron chi connectivity index (χ2n) is 7.25. The fourth-order valence-corrected chi connectivity index (χ4v) is 4.34. The van der Waals surface area contributed by atoms with Crippen LogP contribution in [0.3, 0.4) is 0 Å². The van der Waals surface area contributed by atoms with Crippen molar-refractivity contribution in [3.8, 4) is 0 Å². The second-order valence-corrected chi connectivity index (χ2v) is 7.25. The summed E-state index contributed by atoms with van der Waals surface area (Å²) in [7, 11) is 0. The maximum atomic E-state index is 12.8. The number of amides is 1. The average Bonchev–Trinajstić information content (AvgIpc) is 3.34. The molecule has 3 heterocycles. The molecule has 128 valence electrons. The summed E-state index contributed by atoms with van der Waals surface area (Å²) in [5, 5.41) is 1.25. The Morgan fingerprint density at radius 2 is 1.96 bits per heavy atom. The van der Waals surface area contributed by atoms with Gasteiger partial charge in [-0.25, -0.2) is 0 Å². The molecule has 0 aliphatic carbocycles. The number of benzene rings is 1. The highest BCUT2D eigenvalue weighted by molar-refractivity contribution is 5.84. The first-order valence-electron chi connectivity index (χ1n) is 9.38. The van der Waals surface area contributed by atoms with Crippen molar-refractivity contribution < 1.29 is 4.79 Å². The smallest absolute Gasteiger partial charge is 0.223 e. The molecule has 4 heteroatoms. The second kappa shape index (κ2) is 6.98. The van der Waals surface area contributed by atoms with Crippen LogP contribution in [0.5, 0.6) is 0 Å². The first-order chi connectivity index (χ1) is 11.8. The van der Waals surface area contributed by atoms with Crippen molar-refractivity contribution in [3.63, 3.8) is 0 Å². The van der Waals surface area contributed by atoms with E-state index in [0.29, 0.717) is 18.4 Å². The topological polar surface area (TPSA) is 39.3 Å². The van der Waals surface area contributed by atoms with Crippen molar-refractivity contribution >= 4 is 16.8 Å². The molecule has 24 heavy (non-hydrogen) atoms. The molecule has 0 bridgehead atoms. The minimum Gasteiger partial charge on any atom is -0.361 e. The molecule has 2 fully saturated rings. The van der Waals surface area contributed by atoms with Crippen LogP contribution in [0, 0.1) is 0 Å². The summed E-state index contributed by atoms with van der Waals surface area (Å²) < 4.78 is 0. The lowest BCUT2D eigenvalue weighted by molar-refractivity contribution is -0.132. The molecular formula is C20H27N3O. The fraction of sp³-hybridized carbons (Fsp3) is 0.550. The molecule has 1 amide bonds. The van der Waals surface area contributed by atoms with Crippen LogP contribution in [0.4, 0.5) is 0 Å². The van der Waals surface area contributed by atoms with E-state index in [2.05, 4.69) is 39.2 Å². The molecule has 0 radical (unpaired) electrons. The van der Waals surface area contributed by atoms with E-state index in [1.54, 1.807) is 0 Å². The number of aryl methyl sites for hydroxylation is 1. The highest BCUT2D eigenvalue weighted by atomic mass is 16.2. The third-order valence-corrected chi connectivity index (χ3v) is 5.65. The molecule has 1 N–H and O–H groups in total. The molecule has 0 saturated carbocycles. The molecule has 1 atom stereocenters. The molecular weight excluding hydrogens is 298 g/mol. The van der Waals surface area contributed by atoms with Crippen molar-refractivity contribution in [2.75, 3.05) is 26.2 Å². The summed E-state index contributed by atoms with van der Waals surface area (Å²) in [6.45, 7) is 4.46. The summed E-state index contributed by atoms with van der Waals surface area (Å²) in [4.78, 5) is 20.8. The molecule has 4 rings (SSSR count). The SMILES string of the molecule is O=C(CCc1c[nH]c2ccccc12)N1CCC[C@@H]1CN1CCCC1. The van der Waals surface area contributed by atoms with Gasteiger partial charge in [-0.2, -0.15) is 0 Å². The Bertz CT molecular complexity index is 702. The predicted octanol–water partition coefficient (Wildman–Crippen LogP) is 3.19. The number of fused-ring (bicyclic) bond motifs is 1. The third-order valence-electron chi connectivity index (χ3n) is 5.65. The monoisotopic (exact) mass is 325 g/mol. The number of rotatable bonds is 5. The van der Waals surface area contributed by atoms with Crippen molar-refractivity contribution in [2.45, 2.75) is 44.6 Å². The van der Waals surface area contributed by atoms with Crippen molar-refractivity contribution in [3.05, 3.63) is 36.0 Å². The largest absolute Gasteiger partial charge is 0.361 e. The Hall–Kier alpha value is -1.81. The Balaban J connectivity index is 1.36.